The van der Waals surface area contributed by atoms with E-state index < -0.39 is 0 Å². The van der Waals surface area contributed by atoms with Gasteiger partial charge in [0.05, 0.1) is 18.3 Å². The maximum Gasteiger partial charge on any atom is 0.170 e. The molecule has 3 aromatic heterocycles. The summed E-state index contributed by atoms with van der Waals surface area (Å²) >= 11 is 5.75. The van der Waals surface area contributed by atoms with Gasteiger partial charge in [0.15, 0.2) is 5.11 Å². The third-order valence-electron chi connectivity index (χ3n) is 5.67. The summed E-state index contributed by atoms with van der Waals surface area (Å²) in [6, 6.07) is 21.6. The van der Waals surface area contributed by atoms with E-state index in [1.165, 1.54) is 0 Å². The maximum atomic E-state index is 6.40. The van der Waals surface area contributed by atoms with E-state index in [1.54, 1.807) is 18.6 Å². The first-order valence-corrected chi connectivity index (χ1v) is 11.3. The van der Waals surface area contributed by atoms with E-state index in [4.69, 9.17) is 21.4 Å². The van der Waals surface area contributed by atoms with Crippen LogP contribution in [0.2, 0.25) is 0 Å². The lowest BCUT2D eigenvalue weighted by molar-refractivity contribution is 0.269. The first kappa shape index (κ1) is 21.2. The molecule has 0 spiro atoms. The minimum absolute atomic E-state index is 0.125. The molecule has 4 aromatic rings. The summed E-state index contributed by atoms with van der Waals surface area (Å²) in [5.74, 6) is 2.47. The fourth-order valence-corrected chi connectivity index (χ4v) is 4.42. The van der Waals surface area contributed by atoms with Crippen LogP contribution in [-0.2, 0) is 6.54 Å². The summed E-state index contributed by atoms with van der Waals surface area (Å²) < 4.78 is 12.0. The topological polar surface area (TPSA) is 63.4 Å². The van der Waals surface area contributed by atoms with E-state index in [2.05, 4.69) is 20.2 Å². The second-order valence-corrected chi connectivity index (χ2v) is 8.16. The van der Waals surface area contributed by atoms with Crippen molar-refractivity contribution < 1.29 is 9.15 Å². The first-order valence-electron chi connectivity index (χ1n) is 10.9. The van der Waals surface area contributed by atoms with Crippen LogP contribution in [0.25, 0.3) is 11.3 Å². The molecule has 4 heterocycles. The highest BCUT2D eigenvalue weighted by Crippen LogP contribution is 2.41. The summed E-state index contributed by atoms with van der Waals surface area (Å²) in [5, 5.41) is 4.13. The number of rotatable bonds is 7. The molecular weight excluding hydrogens is 432 g/mol. The van der Waals surface area contributed by atoms with Gasteiger partial charge in [-0.3, -0.25) is 9.97 Å². The molecule has 1 N–H and O–H groups in total. The van der Waals surface area contributed by atoms with Crippen molar-refractivity contribution in [2.75, 3.05) is 6.61 Å². The molecule has 1 aliphatic rings. The monoisotopic (exact) mass is 456 g/mol. The minimum atomic E-state index is -0.142. The minimum Gasteiger partial charge on any atom is -0.494 e. The lowest BCUT2D eigenvalue weighted by atomic mass is 10.0. The number of nitrogens with zero attached hydrogens (tertiary/aromatic N) is 3. The molecule has 5 rings (SSSR count). The Morgan fingerprint density at radius 3 is 2.55 bits per heavy atom. The van der Waals surface area contributed by atoms with Crippen molar-refractivity contribution in [3.8, 4) is 17.1 Å². The molecule has 0 saturated carbocycles. The molecule has 33 heavy (non-hydrogen) atoms. The quantitative estimate of drug-likeness (QED) is 0.378. The third-order valence-corrected chi connectivity index (χ3v) is 6.02. The van der Waals surface area contributed by atoms with E-state index in [0.29, 0.717) is 18.3 Å². The van der Waals surface area contributed by atoms with Crippen LogP contribution in [0, 0.1) is 0 Å². The average Bonchev–Trinajstić information content (AvgIpc) is 3.46. The van der Waals surface area contributed by atoms with Gasteiger partial charge in [-0.25, -0.2) is 0 Å². The number of aromatic nitrogens is 2. The lowest BCUT2D eigenvalue weighted by Gasteiger charge is -2.26. The highest BCUT2D eigenvalue weighted by atomic mass is 32.1. The Labute approximate surface area is 198 Å². The van der Waals surface area contributed by atoms with E-state index in [1.807, 2.05) is 73.7 Å². The molecule has 0 radical (unpaired) electrons. The highest BCUT2D eigenvalue weighted by molar-refractivity contribution is 7.80. The zero-order chi connectivity index (χ0) is 22.6. The largest absolute Gasteiger partial charge is 0.494 e. The fourth-order valence-electron chi connectivity index (χ4n) is 4.12. The van der Waals surface area contributed by atoms with Crippen molar-refractivity contribution in [1.82, 2.24) is 20.2 Å². The predicted molar refractivity (Wildman–Crippen MR) is 131 cm³/mol. The van der Waals surface area contributed by atoms with E-state index in [-0.39, 0.29) is 12.1 Å². The summed E-state index contributed by atoms with van der Waals surface area (Å²) in [4.78, 5) is 10.9. The SMILES string of the molecule is CCOc1ccc(-c2ccc([C@H]3[C@@H](c4ccccn4)NC(=S)N3Cc3ccncc3)o2)cc1. The predicted octanol–water partition coefficient (Wildman–Crippen LogP) is 5.31. The van der Waals surface area contributed by atoms with Crippen molar-refractivity contribution in [3.63, 3.8) is 0 Å². The number of hydrogen-bond acceptors (Lipinski definition) is 5. The lowest BCUT2D eigenvalue weighted by Crippen LogP contribution is -2.29. The number of pyridine rings is 2. The highest BCUT2D eigenvalue weighted by Gasteiger charge is 2.41. The van der Waals surface area contributed by atoms with Gasteiger partial charge in [0.2, 0.25) is 0 Å². The smallest absolute Gasteiger partial charge is 0.170 e. The Morgan fingerprint density at radius 2 is 1.82 bits per heavy atom. The van der Waals surface area contributed by atoms with Crippen LogP contribution in [0.3, 0.4) is 0 Å². The average molecular weight is 457 g/mol. The van der Waals surface area contributed by atoms with Crippen molar-refractivity contribution in [3.05, 3.63) is 102 Å². The van der Waals surface area contributed by atoms with Gasteiger partial charge in [0.25, 0.3) is 0 Å². The number of benzene rings is 1. The van der Waals surface area contributed by atoms with E-state index in [0.717, 1.165) is 34.1 Å². The molecule has 1 fully saturated rings. The normalized spacial score (nSPS) is 17.7. The van der Waals surface area contributed by atoms with Crippen molar-refractivity contribution in [1.29, 1.82) is 0 Å². The Morgan fingerprint density at radius 1 is 1.00 bits per heavy atom. The standard InChI is InChI=1S/C26H24N4O2S/c1-2-31-20-8-6-19(7-9-20)22-10-11-23(32-22)25-24(21-5-3-4-14-28-21)29-26(33)30(25)17-18-12-15-27-16-13-18/h3-16,24-25H,2,17H2,1H3,(H,29,33)/t24-,25+/m1/s1. The Hall–Kier alpha value is -3.71. The Balaban J connectivity index is 1.49. The molecule has 1 aromatic carbocycles. The number of furan rings is 1. The Bertz CT molecular complexity index is 1210. The van der Waals surface area contributed by atoms with Crippen LogP contribution >= 0.6 is 12.2 Å². The fraction of sp³-hybridized carbons (Fsp3) is 0.192. The third kappa shape index (κ3) is 4.45. The zero-order valence-electron chi connectivity index (χ0n) is 18.2. The van der Waals surface area contributed by atoms with Crippen molar-refractivity contribution in [2.24, 2.45) is 0 Å². The first-order chi connectivity index (χ1) is 16.2. The molecule has 0 unspecified atom stereocenters. The summed E-state index contributed by atoms with van der Waals surface area (Å²) in [5.41, 5.74) is 3.04. The van der Waals surface area contributed by atoms with Gasteiger partial charge in [0, 0.05) is 30.7 Å². The molecule has 1 aliphatic heterocycles. The van der Waals surface area contributed by atoms with Gasteiger partial charge in [-0.1, -0.05) is 6.07 Å². The van der Waals surface area contributed by atoms with Gasteiger partial charge >= 0.3 is 0 Å². The second kappa shape index (κ2) is 9.42. The van der Waals surface area contributed by atoms with Gasteiger partial charge < -0.3 is 19.4 Å². The summed E-state index contributed by atoms with van der Waals surface area (Å²) in [6.07, 6.45) is 5.39. The molecule has 7 heteroatoms. The number of nitrogens with one attached hydrogen (secondary N) is 1. The Kier molecular flexibility index (Phi) is 6.04. The van der Waals surface area contributed by atoms with E-state index in [9.17, 15) is 0 Å². The molecule has 6 nitrogen and oxygen atoms in total. The van der Waals surface area contributed by atoms with Crippen LogP contribution < -0.4 is 10.1 Å². The summed E-state index contributed by atoms with van der Waals surface area (Å²) in [7, 11) is 0. The van der Waals surface area contributed by atoms with Crippen LogP contribution in [0.1, 0.15) is 36.0 Å². The molecule has 2 atom stereocenters. The van der Waals surface area contributed by atoms with E-state index >= 15 is 0 Å². The van der Waals surface area contributed by atoms with Gasteiger partial charge in [-0.2, -0.15) is 0 Å². The van der Waals surface area contributed by atoms with Gasteiger partial charge in [-0.15, -0.1) is 0 Å². The van der Waals surface area contributed by atoms with Crippen LogP contribution in [0.15, 0.2) is 89.7 Å². The molecule has 0 bridgehead atoms. The maximum absolute atomic E-state index is 6.40. The van der Waals surface area contributed by atoms with Gasteiger partial charge in [0.1, 0.15) is 23.3 Å². The zero-order valence-corrected chi connectivity index (χ0v) is 19.0. The van der Waals surface area contributed by atoms with Crippen LogP contribution in [0.4, 0.5) is 0 Å². The number of ether oxygens (including phenoxy) is 1. The van der Waals surface area contributed by atoms with Gasteiger partial charge in [-0.05, 0) is 85.4 Å². The number of thiocarbonyl (C=S) groups is 1. The van der Waals surface area contributed by atoms with Crippen molar-refractivity contribution in [2.45, 2.75) is 25.6 Å². The van der Waals surface area contributed by atoms with Crippen LogP contribution in [-0.4, -0.2) is 26.6 Å². The summed E-state index contributed by atoms with van der Waals surface area (Å²) in [6.45, 7) is 3.25. The molecule has 1 saturated heterocycles. The molecule has 0 amide bonds. The molecule has 166 valence electrons. The van der Waals surface area contributed by atoms with Crippen molar-refractivity contribution >= 4 is 17.3 Å². The second-order valence-electron chi connectivity index (χ2n) is 7.77. The number of hydrogen-bond donors (Lipinski definition) is 1. The molecule has 0 aliphatic carbocycles. The van der Waals surface area contributed by atoms with Crippen LogP contribution in [0.5, 0.6) is 5.75 Å². The molecular formula is C26H24N4O2S.